The molecular weight excluding hydrogens is 324 g/mol. The Morgan fingerprint density at radius 3 is 2.71 bits per heavy atom. The Bertz CT molecular complexity index is 827. The fourth-order valence-electron chi connectivity index (χ4n) is 2.46. The summed E-state index contributed by atoms with van der Waals surface area (Å²) in [5, 5.41) is 13.5. The first-order valence-electron chi connectivity index (χ1n) is 7.35. The van der Waals surface area contributed by atoms with Gasteiger partial charge < -0.3 is 11.1 Å². The lowest BCUT2D eigenvalue weighted by Crippen LogP contribution is -2.31. The molecule has 0 fully saturated rings. The highest BCUT2D eigenvalue weighted by molar-refractivity contribution is 7.08. The van der Waals surface area contributed by atoms with Gasteiger partial charge in [-0.25, -0.2) is 0 Å². The molecule has 0 unspecified atom stereocenters. The molecule has 122 valence electrons. The molecule has 7 heteroatoms. The van der Waals surface area contributed by atoms with Gasteiger partial charge in [0.15, 0.2) is 0 Å². The van der Waals surface area contributed by atoms with E-state index in [4.69, 9.17) is 5.73 Å². The van der Waals surface area contributed by atoms with Crippen molar-refractivity contribution in [3.05, 3.63) is 64.5 Å². The number of hydrogen-bond acceptors (Lipinski definition) is 4. The summed E-state index contributed by atoms with van der Waals surface area (Å²) in [6.45, 7) is 0. The Balaban J connectivity index is 1.84. The first-order chi connectivity index (χ1) is 11.6. The summed E-state index contributed by atoms with van der Waals surface area (Å²) in [5.41, 5.74) is 8.13. The molecule has 4 N–H and O–H groups in total. The second-order valence-corrected chi connectivity index (χ2v) is 6.06. The van der Waals surface area contributed by atoms with E-state index in [1.807, 2.05) is 47.2 Å². The maximum absolute atomic E-state index is 12.7. The number of benzene rings is 1. The van der Waals surface area contributed by atoms with Crippen LogP contribution in [0.4, 0.5) is 0 Å². The Morgan fingerprint density at radius 1 is 1.25 bits per heavy atom. The SMILES string of the molecule is NC(=O)C[C@H](NC(=O)c1cn[nH]c1-c1ccsc1)c1ccccc1. The van der Waals surface area contributed by atoms with Crippen molar-refractivity contribution in [2.24, 2.45) is 5.73 Å². The number of primary amides is 1. The van der Waals surface area contributed by atoms with Crippen molar-refractivity contribution in [2.75, 3.05) is 0 Å². The summed E-state index contributed by atoms with van der Waals surface area (Å²) in [6, 6.07) is 10.7. The predicted octanol–water partition coefficient (Wildman–Crippen LogP) is 2.48. The number of rotatable bonds is 6. The maximum atomic E-state index is 12.7. The molecule has 0 spiro atoms. The highest BCUT2D eigenvalue weighted by Crippen LogP contribution is 2.24. The normalized spacial score (nSPS) is 11.8. The highest BCUT2D eigenvalue weighted by Gasteiger charge is 2.21. The van der Waals surface area contributed by atoms with Crippen LogP contribution in [0.3, 0.4) is 0 Å². The average molecular weight is 340 g/mol. The Kier molecular flexibility index (Phi) is 4.72. The third-order valence-corrected chi connectivity index (χ3v) is 4.29. The van der Waals surface area contributed by atoms with Crippen LogP contribution in [0.15, 0.2) is 53.4 Å². The third kappa shape index (κ3) is 3.52. The fraction of sp³-hybridized carbons (Fsp3) is 0.118. The lowest BCUT2D eigenvalue weighted by molar-refractivity contribution is -0.118. The summed E-state index contributed by atoms with van der Waals surface area (Å²) in [4.78, 5) is 24.0. The zero-order chi connectivity index (χ0) is 16.9. The smallest absolute Gasteiger partial charge is 0.255 e. The van der Waals surface area contributed by atoms with E-state index in [1.54, 1.807) is 0 Å². The summed E-state index contributed by atoms with van der Waals surface area (Å²) >= 11 is 1.54. The number of nitrogens with two attached hydrogens (primary N) is 1. The predicted molar refractivity (Wildman–Crippen MR) is 92.4 cm³/mol. The molecule has 6 nitrogen and oxygen atoms in total. The van der Waals surface area contributed by atoms with Gasteiger partial charge in [0.2, 0.25) is 5.91 Å². The molecule has 1 atom stereocenters. The van der Waals surface area contributed by atoms with Crippen molar-refractivity contribution in [3.63, 3.8) is 0 Å². The van der Waals surface area contributed by atoms with Crippen LogP contribution in [0, 0.1) is 0 Å². The first kappa shape index (κ1) is 15.9. The molecule has 0 aliphatic heterocycles. The minimum Gasteiger partial charge on any atom is -0.370 e. The number of H-pyrrole nitrogens is 1. The van der Waals surface area contributed by atoms with Crippen LogP contribution in [0.5, 0.6) is 0 Å². The molecule has 0 saturated heterocycles. The molecule has 2 heterocycles. The van der Waals surface area contributed by atoms with Crippen LogP contribution in [0.25, 0.3) is 11.3 Å². The van der Waals surface area contributed by atoms with E-state index >= 15 is 0 Å². The molecule has 0 radical (unpaired) electrons. The fourth-order valence-corrected chi connectivity index (χ4v) is 3.11. The average Bonchev–Trinajstić information content (AvgIpc) is 3.25. The van der Waals surface area contributed by atoms with Crippen molar-refractivity contribution >= 4 is 23.2 Å². The summed E-state index contributed by atoms with van der Waals surface area (Å²) in [7, 11) is 0. The van der Waals surface area contributed by atoms with E-state index in [0.717, 1.165) is 11.1 Å². The van der Waals surface area contributed by atoms with Crippen molar-refractivity contribution in [1.29, 1.82) is 0 Å². The van der Waals surface area contributed by atoms with Crippen LogP contribution >= 0.6 is 11.3 Å². The zero-order valence-electron chi connectivity index (χ0n) is 12.7. The number of thiophene rings is 1. The van der Waals surface area contributed by atoms with E-state index in [2.05, 4.69) is 15.5 Å². The first-order valence-corrected chi connectivity index (χ1v) is 8.29. The Labute approximate surface area is 142 Å². The molecule has 1 aromatic carbocycles. The van der Waals surface area contributed by atoms with Crippen molar-refractivity contribution in [1.82, 2.24) is 15.5 Å². The molecule has 24 heavy (non-hydrogen) atoms. The molecule has 0 saturated carbocycles. The van der Waals surface area contributed by atoms with E-state index in [1.165, 1.54) is 17.5 Å². The summed E-state index contributed by atoms with van der Waals surface area (Å²) < 4.78 is 0. The topological polar surface area (TPSA) is 101 Å². The van der Waals surface area contributed by atoms with Crippen LogP contribution in [0.1, 0.15) is 28.4 Å². The van der Waals surface area contributed by atoms with E-state index in [9.17, 15) is 9.59 Å². The van der Waals surface area contributed by atoms with Gasteiger partial charge in [-0.2, -0.15) is 16.4 Å². The number of amides is 2. The number of aromatic amines is 1. The van der Waals surface area contributed by atoms with E-state index in [0.29, 0.717) is 11.3 Å². The van der Waals surface area contributed by atoms with Gasteiger partial charge in [0.05, 0.1) is 29.9 Å². The van der Waals surface area contributed by atoms with Crippen LogP contribution in [-0.2, 0) is 4.79 Å². The van der Waals surface area contributed by atoms with Gasteiger partial charge in [0.1, 0.15) is 0 Å². The van der Waals surface area contributed by atoms with Crippen molar-refractivity contribution in [2.45, 2.75) is 12.5 Å². The van der Waals surface area contributed by atoms with Gasteiger partial charge in [-0.3, -0.25) is 14.7 Å². The van der Waals surface area contributed by atoms with Gasteiger partial charge in [-0.15, -0.1) is 0 Å². The highest BCUT2D eigenvalue weighted by atomic mass is 32.1. The lowest BCUT2D eigenvalue weighted by Gasteiger charge is -2.17. The quantitative estimate of drug-likeness (QED) is 0.642. The molecule has 3 rings (SSSR count). The molecule has 2 amide bonds. The third-order valence-electron chi connectivity index (χ3n) is 3.61. The summed E-state index contributed by atoms with van der Waals surface area (Å²) in [6.07, 6.45) is 1.51. The van der Waals surface area contributed by atoms with Gasteiger partial charge in [0.25, 0.3) is 5.91 Å². The zero-order valence-corrected chi connectivity index (χ0v) is 13.5. The minimum atomic E-state index is -0.485. The number of hydrogen-bond donors (Lipinski definition) is 3. The molecular formula is C17H16N4O2S. The summed E-state index contributed by atoms with van der Waals surface area (Å²) in [5.74, 6) is -0.783. The lowest BCUT2D eigenvalue weighted by atomic mass is 10.0. The van der Waals surface area contributed by atoms with E-state index in [-0.39, 0.29) is 12.3 Å². The molecule has 0 bridgehead atoms. The monoisotopic (exact) mass is 340 g/mol. The van der Waals surface area contributed by atoms with Gasteiger partial charge in [-0.1, -0.05) is 30.3 Å². The Hall–Kier alpha value is -2.93. The number of nitrogens with one attached hydrogen (secondary N) is 2. The number of aromatic nitrogens is 2. The van der Waals surface area contributed by atoms with Crippen LogP contribution < -0.4 is 11.1 Å². The van der Waals surface area contributed by atoms with Crippen LogP contribution in [-0.4, -0.2) is 22.0 Å². The number of carbonyl (C=O) groups is 2. The second-order valence-electron chi connectivity index (χ2n) is 5.28. The Morgan fingerprint density at radius 2 is 2.04 bits per heavy atom. The maximum Gasteiger partial charge on any atom is 0.255 e. The minimum absolute atomic E-state index is 0.0292. The standard InChI is InChI=1S/C17H16N4O2S/c18-15(22)8-14(11-4-2-1-3-5-11)20-17(23)13-9-19-21-16(13)12-6-7-24-10-12/h1-7,9-10,14H,8H2,(H2,18,22)(H,19,21)(H,20,23)/t14-/m0/s1. The van der Waals surface area contributed by atoms with E-state index < -0.39 is 11.9 Å². The molecule has 0 aliphatic rings. The van der Waals surface area contributed by atoms with Gasteiger partial charge >= 0.3 is 0 Å². The largest absolute Gasteiger partial charge is 0.370 e. The van der Waals surface area contributed by atoms with Crippen molar-refractivity contribution in [3.8, 4) is 11.3 Å². The van der Waals surface area contributed by atoms with Gasteiger partial charge in [0, 0.05) is 10.9 Å². The number of nitrogens with zero attached hydrogens (tertiary/aromatic N) is 1. The number of carbonyl (C=O) groups excluding carboxylic acids is 2. The molecule has 3 aromatic rings. The van der Waals surface area contributed by atoms with Crippen molar-refractivity contribution < 1.29 is 9.59 Å². The van der Waals surface area contributed by atoms with Gasteiger partial charge in [-0.05, 0) is 17.0 Å². The molecule has 2 aromatic heterocycles. The molecule has 0 aliphatic carbocycles. The van der Waals surface area contributed by atoms with Crippen LogP contribution in [0.2, 0.25) is 0 Å². The second kappa shape index (κ2) is 7.10.